The van der Waals surface area contributed by atoms with Gasteiger partial charge in [-0.05, 0) is 24.5 Å². The molecule has 0 saturated carbocycles. The number of rotatable bonds is 8. The third kappa shape index (κ3) is 5.78. The minimum atomic E-state index is -0.209. The number of hydrogen-bond donors (Lipinski definition) is 2. The second kappa shape index (κ2) is 9.68. The van der Waals surface area contributed by atoms with Crippen molar-refractivity contribution in [2.45, 2.75) is 20.3 Å². The fourth-order valence-electron chi connectivity index (χ4n) is 2.76. The van der Waals surface area contributed by atoms with Gasteiger partial charge >= 0.3 is 0 Å². The van der Waals surface area contributed by atoms with Gasteiger partial charge in [-0.2, -0.15) is 0 Å². The van der Waals surface area contributed by atoms with E-state index >= 15 is 0 Å². The molecule has 6 heteroatoms. The van der Waals surface area contributed by atoms with Crippen molar-refractivity contribution in [1.29, 1.82) is 0 Å². The van der Waals surface area contributed by atoms with Crippen molar-refractivity contribution < 1.29 is 9.53 Å². The highest BCUT2D eigenvalue weighted by atomic mass is 16.5. The lowest BCUT2D eigenvalue weighted by molar-refractivity contribution is 0.0947. The first-order valence-corrected chi connectivity index (χ1v) is 9.69. The number of carbonyl (C=O) groups excluding carboxylic acids is 1. The molecule has 0 aliphatic carbocycles. The van der Waals surface area contributed by atoms with Gasteiger partial charge in [-0.1, -0.05) is 50.2 Å². The largest absolute Gasteiger partial charge is 0.497 e. The Kier molecular flexibility index (Phi) is 6.79. The van der Waals surface area contributed by atoms with Crippen LogP contribution in [0, 0.1) is 5.92 Å². The zero-order valence-electron chi connectivity index (χ0n) is 17.0. The third-order valence-corrected chi connectivity index (χ3v) is 4.34. The van der Waals surface area contributed by atoms with Crippen molar-refractivity contribution in [3.8, 4) is 17.1 Å². The van der Waals surface area contributed by atoms with Gasteiger partial charge in [0.25, 0.3) is 5.91 Å². The van der Waals surface area contributed by atoms with Crippen molar-refractivity contribution in [2.24, 2.45) is 5.92 Å². The van der Waals surface area contributed by atoms with Gasteiger partial charge in [0.2, 0.25) is 0 Å². The average Bonchev–Trinajstić information content (AvgIpc) is 2.74. The second-order valence-corrected chi connectivity index (χ2v) is 7.12. The van der Waals surface area contributed by atoms with Crippen LogP contribution in [0.3, 0.4) is 0 Å². The summed E-state index contributed by atoms with van der Waals surface area (Å²) in [6.45, 7) is 4.86. The van der Waals surface area contributed by atoms with Gasteiger partial charge in [-0.15, -0.1) is 0 Å². The lowest BCUT2D eigenvalue weighted by Gasteiger charge is -2.12. The summed E-state index contributed by atoms with van der Waals surface area (Å²) in [6, 6.07) is 18.8. The Labute approximate surface area is 171 Å². The molecular weight excluding hydrogens is 364 g/mol. The monoisotopic (exact) mass is 390 g/mol. The van der Waals surface area contributed by atoms with Crippen LogP contribution in [-0.4, -0.2) is 29.5 Å². The SMILES string of the molecule is COc1cccc(Nc2cc(C(=O)NCCC(C)C)nc(-c3ccccc3)n2)c1. The molecule has 0 aliphatic rings. The van der Waals surface area contributed by atoms with Crippen molar-refractivity contribution >= 4 is 17.4 Å². The maximum atomic E-state index is 12.7. The molecule has 3 rings (SSSR count). The summed E-state index contributed by atoms with van der Waals surface area (Å²) in [7, 11) is 1.62. The number of benzene rings is 2. The zero-order valence-corrected chi connectivity index (χ0v) is 17.0. The van der Waals surface area contributed by atoms with E-state index in [1.54, 1.807) is 13.2 Å². The molecule has 0 radical (unpaired) electrons. The number of hydrogen-bond acceptors (Lipinski definition) is 5. The highest BCUT2D eigenvalue weighted by molar-refractivity contribution is 5.93. The summed E-state index contributed by atoms with van der Waals surface area (Å²) in [5, 5.41) is 6.19. The number of amides is 1. The van der Waals surface area contributed by atoms with Gasteiger partial charge in [0.05, 0.1) is 7.11 Å². The van der Waals surface area contributed by atoms with Gasteiger partial charge in [-0.3, -0.25) is 4.79 Å². The minimum Gasteiger partial charge on any atom is -0.497 e. The van der Waals surface area contributed by atoms with Gasteiger partial charge in [0.1, 0.15) is 17.3 Å². The molecule has 0 spiro atoms. The van der Waals surface area contributed by atoms with E-state index in [0.29, 0.717) is 29.8 Å². The lowest BCUT2D eigenvalue weighted by atomic mass is 10.1. The number of ether oxygens (including phenoxy) is 1. The first-order valence-electron chi connectivity index (χ1n) is 9.69. The Morgan fingerprint density at radius 2 is 1.83 bits per heavy atom. The zero-order chi connectivity index (χ0) is 20.6. The van der Waals surface area contributed by atoms with Crippen LogP contribution >= 0.6 is 0 Å². The van der Waals surface area contributed by atoms with Crippen LogP contribution in [-0.2, 0) is 0 Å². The Morgan fingerprint density at radius 3 is 2.55 bits per heavy atom. The molecule has 3 aromatic rings. The normalized spacial score (nSPS) is 10.6. The molecule has 0 aliphatic heterocycles. The molecule has 150 valence electrons. The molecule has 2 N–H and O–H groups in total. The maximum absolute atomic E-state index is 12.7. The molecule has 0 fully saturated rings. The molecular formula is C23H26N4O2. The van der Waals surface area contributed by atoms with Crippen LogP contribution in [0.5, 0.6) is 5.75 Å². The molecule has 0 unspecified atom stereocenters. The minimum absolute atomic E-state index is 0.209. The van der Waals surface area contributed by atoms with E-state index in [-0.39, 0.29) is 5.91 Å². The summed E-state index contributed by atoms with van der Waals surface area (Å²) >= 11 is 0. The summed E-state index contributed by atoms with van der Waals surface area (Å²) in [5.41, 5.74) is 1.99. The van der Waals surface area contributed by atoms with Gasteiger partial charge in [-0.25, -0.2) is 9.97 Å². The first kappa shape index (κ1) is 20.3. The number of carbonyl (C=O) groups is 1. The van der Waals surface area contributed by atoms with Crippen LogP contribution < -0.4 is 15.4 Å². The molecule has 1 heterocycles. The van der Waals surface area contributed by atoms with Gasteiger partial charge < -0.3 is 15.4 Å². The summed E-state index contributed by atoms with van der Waals surface area (Å²) in [4.78, 5) is 21.8. The number of anilines is 2. The second-order valence-electron chi connectivity index (χ2n) is 7.12. The Hall–Kier alpha value is -3.41. The highest BCUT2D eigenvalue weighted by Gasteiger charge is 2.13. The van der Waals surface area contributed by atoms with E-state index in [2.05, 4.69) is 34.4 Å². The smallest absolute Gasteiger partial charge is 0.270 e. The van der Waals surface area contributed by atoms with Crippen molar-refractivity contribution in [1.82, 2.24) is 15.3 Å². The van der Waals surface area contributed by atoms with Crippen LogP contribution in [0.25, 0.3) is 11.4 Å². The summed E-state index contributed by atoms with van der Waals surface area (Å²) in [5.74, 6) is 2.08. The third-order valence-electron chi connectivity index (χ3n) is 4.34. The van der Waals surface area contributed by atoms with E-state index < -0.39 is 0 Å². The standard InChI is InChI=1S/C23H26N4O2/c1-16(2)12-13-24-23(28)20-15-21(25-18-10-7-11-19(14-18)29-3)27-22(26-20)17-8-5-4-6-9-17/h4-11,14-16H,12-13H2,1-3H3,(H,24,28)(H,25,26,27). The van der Waals surface area contributed by atoms with E-state index in [1.807, 2.05) is 54.6 Å². The number of nitrogens with one attached hydrogen (secondary N) is 2. The Balaban J connectivity index is 1.91. The Bertz CT molecular complexity index is 958. The molecule has 6 nitrogen and oxygen atoms in total. The predicted octanol–water partition coefficient (Wildman–Crippen LogP) is 4.67. The van der Waals surface area contributed by atoms with Crippen molar-refractivity contribution in [3.05, 3.63) is 66.4 Å². The van der Waals surface area contributed by atoms with E-state index in [1.165, 1.54) is 0 Å². The molecule has 29 heavy (non-hydrogen) atoms. The fourth-order valence-corrected chi connectivity index (χ4v) is 2.76. The van der Waals surface area contributed by atoms with E-state index in [9.17, 15) is 4.79 Å². The number of nitrogens with zero attached hydrogens (tertiary/aromatic N) is 2. The predicted molar refractivity (Wildman–Crippen MR) is 116 cm³/mol. The average molecular weight is 390 g/mol. The van der Waals surface area contributed by atoms with Gasteiger partial charge in [0.15, 0.2) is 5.82 Å². The maximum Gasteiger partial charge on any atom is 0.270 e. The highest BCUT2D eigenvalue weighted by Crippen LogP contribution is 2.23. The van der Waals surface area contributed by atoms with Crippen molar-refractivity contribution in [3.63, 3.8) is 0 Å². The van der Waals surface area contributed by atoms with E-state index in [4.69, 9.17) is 4.74 Å². The number of aromatic nitrogens is 2. The summed E-state index contributed by atoms with van der Waals surface area (Å²) in [6.07, 6.45) is 0.914. The lowest BCUT2D eigenvalue weighted by Crippen LogP contribution is -2.26. The molecule has 1 amide bonds. The van der Waals surface area contributed by atoms with E-state index in [0.717, 1.165) is 23.4 Å². The van der Waals surface area contributed by atoms with Crippen LogP contribution in [0.1, 0.15) is 30.8 Å². The molecule has 0 bridgehead atoms. The van der Waals surface area contributed by atoms with Gasteiger partial charge in [0, 0.05) is 29.9 Å². The Morgan fingerprint density at radius 1 is 1.03 bits per heavy atom. The first-order chi connectivity index (χ1) is 14.0. The molecule has 2 aromatic carbocycles. The number of methoxy groups -OCH3 is 1. The molecule has 1 aromatic heterocycles. The van der Waals surface area contributed by atoms with Crippen molar-refractivity contribution in [2.75, 3.05) is 19.0 Å². The van der Waals surface area contributed by atoms with Crippen LogP contribution in [0.4, 0.5) is 11.5 Å². The molecule has 0 saturated heterocycles. The summed E-state index contributed by atoms with van der Waals surface area (Å²) < 4.78 is 5.27. The van der Waals surface area contributed by atoms with Crippen LogP contribution in [0.2, 0.25) is 0 Å². The molecule has 0 atom stereocenters. The van der Waals surface area contributed by atoms with Crippen LogP contribution in [0.15, 0.2) is 60.7 Å². The quantitative estimate of drug-likeness (QED) is 0.584. The topological polar surface area (TPSA) is 76.1 Å². The fraction of sp³-hybridized carbons (Fsp3) is 0.261.